The number of rotatable bonds is 5. The van der Waals surface area contributed by atoms with Gasteiger partial charge in [-0.1, -0.05) is 25.1 Å². The van der Waals surface area contributed by atoms with Gasteiger partial charge in [0, 0.05) is 11.9 Å². The van der Waals surface area contributed by atoms with E-state index in [9.17, 15) is 13.6 Å². The van der Waals surface area contributed by atoms with Crippen molar-refractivity contribution in [1.82, 2.24) is 4.90 Å². The van der Waals surface area contributed by atoms with E-state index in [4.69, 9.17) is 10.7 Å². The van der Waals surface area contributed by atoms with Gasteiger partial charge in [-0.25, -0.2) is 4.99 Å². The Bertz CT molecular complexity index is 932. The van der Waals surface area contributed by atoms with Crippen LogP contribution in [0, 0.1) is 11.8 Å². The summed E-state index contributed by atoms with van der Waals surface area (Å²) >= 11 is 1.74. The maximum atomic E-state index is 13.5. The molecular formula is C22H25F2N3O2S. The second-order valence-electron chi connectivity index (χ2n) is 8.11. The van der Waals surface area contributed by atoms with E-state index in [0.717, 1.165) is 19.3 Å². The van der Waals surface area contributed by atoms with Crippen molar-refractivity contribution < 1.29 is 18.3 Å². The number of carbonyl (C=O) groups is 1. The summed E-state index contributed by atoms with van der Waals surface area (Å²) in [6, 6.07) is 10.4. The van der Waals surface area contributed by atoms with Gasteiger partial charge in [0.1, 0.15) is 5.75 Å². The third-order valence-corrected chi connectivity index (χ3v) is 7.48. The van der Waals surface area contributed by atoms with Crippen molar-refractivity contribution in [2.24, 2.45) is 22.6 Å². The standard InChI is InChI=1S/C22H25F2N3O2S/c1-13-5-6-15(12-17(13)18-4-3-11-30-18)22(19(28)27(2)21(25)26-22)14-7-9-16(10-8-14)29-20(23)24/h3-4,7-11,13,15,17,20H,5-6,12H2,1-2H3,(H2,25,26). The van der Waals surface area contributed by atoms with Crippen molar-refractivity contribution in [2.75, 3.05) is 7.05 Å². The van der Waals surface area contributed by atoms with E-state index in [0.29, 0.717) is 17.4 Å². The molecule has 1 saturated carbocycles. The van der Waals surface area contributed by atoms with Gasteiger partial charge in [0.2, 0.25) is 0 Å². The Hall–Kier alpha value is -2.48. The highest BCUT2D eigenvalue weighted by molar-refractivity contribution is 7.10. The van der Waals surface area contributed by atoms with Gasteiger partial charge in [-0.15, -0.1) is 11.3 Å². The van der Waals surface area contributed by atoms with E-state index >= 15 is 0 Å². The number of halogens is 2. The lowest BCUT2D eigenvalue weighted by atomic mass is 9.65. The predicted octanol–water partition coefficient (Wildman–Crippen LogP) is 4.55. The van der Waals surface area contributed by atoms with Crippen LogP contribution in [-0.2, 0) is 10.3 Å². The van der Waals surface area contributed by atoms with E-state index in [-0.39, 0.29) is 23.5 Å². The molecule has 2 N–H and O–H groups in total. The zero-order valence-corrected chi connectivity index (χ0v) is 17.7. The number of nitrogens with two attached hydrogens (primary N) is 1. The first kappa shape index (κ1) is 20.8. The van der Waals surface area contributed by atoms with Crippen LogP contribution in [0.15, 0.2) is 46.8 Å². The largest absolute Gasteiger partial charge is 0.435 e. The average Bonchev–Trinajstić information content (AvgIpc) is 3.33. The summed E-state index contributed by atoms with van der Waals surface area (Å²) in [5, 5.41) is 2.08. The Kier molecular flexibility index (Phi) is 5.53. The molecule has 1 aliphatic carbocycles. The normalized spacial score (nSPS) is 29.4. The molecule has 2 aromatic rings. The second kappa shape index (κ2) is 7.98. The second-order valence-corrected chi connectivity index (χ2v) is 9.09. The van der Waals surface area contributed by atoms with Crippen LogP contribution in [0.5, 0.6) is 5.75 Å². The molecule has 0 bridgehead atoms. The number of hydrogen-bond acceptors (Lipinski definition) is 5. The zero-order valence-electron chi connectivity index (χ0n) is 16.9. The Labute approximate surface area is 178 Å². The van der Waals surface area contributed by atoms with Crippen molar-refractivity contribution in [3.63, 3.8) is 0 Å². The van der Waals surface area contributed by atoms with E-state index in [1.807, 2.05) is 0 Å². The first-order chi connectivity index (χ1) is 14.3. The summed E-state index contributed by atoms with van der Waals surface area (Å²) < 4.78 is 29.6. The van der Waals surface area contributed by atoms with Crippen LogP contribution < -0.4 is 10.5 Å². The summed E-state index contributed by atoms with van der Waals surface area (Å²) in [7, 11) is 1.62. The van der Waals surface area contributed by atoms with Crippen LogP contribution in [0.4, 0.5) is 8.78 Å². The topological polar surface area (TPSA) is 67.9 Å². The molecular weight excluding hydrogens is 408 g/mol. The Morgan fingerprint density at radius 2 is 2.00 bits per heavy atom. The molecule has 0 saturated heterocycles. The fraction of sp³-hybridized carbons (Fsp3) is 0.455. The molecule has 4 atom stereocenters. The lowest BCUT2D eigenvalue weighted by Crippen LogP contribution is -2.46. The molecule has 1 amide bonds. The minimum absolute atomic E-state index is 0.0429. The van der Waals surface area contributed by atoms with Gasteiger partial charge in [0.15, 0.2) is 11.5 Å². The number of likely N-dealkylation sites (N-methyl/N-ethyl adjacent to an activating group) is 1. The number of hydrogen-bond donors (Lipinski definition) is 1. The minimum Gasteiger partial charge on any atom is -0.435 e. The summed E-state index contributed by atoms with van der Waals surface area (Å²) in [5.41, 5.74) is 5.59. The van der Waals surface area contributed by atoms with Crippen molar-refractivity contribution in [2.45, 2.75) is 44.3 Å². The smallest absolute Gasteiger partial charge is 0.387 e. The van der Waals surface area contributed by atoms with Crippen LogP contribution in [-0.4, -0.2) is 30.4 Å². The van der Waals surface area contributed by atoms with E-state index in [2.05, 4.69) is 29.2 Å². The highest BCUT2D eigenvalue weighted by Crippen LogP contribution is 2.51. The molecule has 5 nitrogen and oxygen atoms in total. The Morgan fingerprint density at radius 1 is 1.27 bits per heavy atom. The molecule has 1 fully saturated rings. The maximum absolute atomic E-state index is 13.5. The summed E-state index contributed by atoms with van der Waals surface area (Å²) in [6.45, 7) is -0.645. The monoisotopic (exact) mass is 433 g/mol. The highest BCUT2D eigenvalue weighted by atomic mass is 32.1. The quantitative estimate of drug-likeness (QED) is 0.752. The predicted molar refractivity (Wildman–Crippen MR) is 113 cm³/mol. The average molecular weight is 434 g/mol. The zero-order chi connectivity index (χ0) is 21.5. The van der Waals surface area contributed by atoms with Gasteiger partial charge >= 0.3 is 6.61 Å². The first-order valence-electron chi connectivity index (χ1n) is 10.0. The number of benzene rings is 1. The van der Waals surface area contributed by atoms with Crippen molar-refractivity contribution >= 4 is 23.2 Å². The molecule has 0 radical (unpaired) electrons. The summed E-state index contributed by atoms with van der Waals surface area (Å²) in [6.07, 6.45) is 2.63. The molecule has 1 aromatic heterocycles. The van der Waals surface area contributed by atoms with Crippen molar-refractivity contribution in [1.29, 1.82) is 0 Å². The molecule has 30 heavy (non-hydrogen) atoms. The molecule has 1 aromatic carbocycles. The molecule has 8 heteroatoms. The highest BCUT2D eigenvalue weighted by Gasteiger charge is 2.54. The van der Waals surface area contributed by atoms with Crippen molar-refractivity contribution in [3.05, 3.63) is 52.2 Å². The summed E-state index contributed by atoms with van der Waals surface area (Å²) in [5.74, 6) is 0.866. The number of thiophene rings is 1. The van der Waals surface area contributed by atoms with Crippen LogP contribution in [0.2, 0.25) is 0 Å². The number of amides is 1. The van der Waals surface area contributed by atoms with E-state index in [1.165, 1.54) is 21.9 Å². The van der Waals surface area contributed by atoms with Crippen LogP contribution in [0.25, 0.3) is 0 Å². The summed E-state index contributed by atoms with van der Waals surface area (Å²) in [4.78, 5) is 20.9. The molecule has 4 unspecified atom stereocenters. The maximum Gasteiger partial charge on any atom is 0.387 e. The number of aliphatic imine (C=N–C) groups is 1. The number of guanidine groups is 1. The number of ether oxygens (including phenoxy) is 1. The first-order valence-corrected chi connectivity index (χ1v) is 10.9. The SMILES string of the molecule is CC1CCC(C2(c3ccc(OC(F)F)cc3)N=C(N)N(C)C2=O)CC1c1cccs1. The Balaban J connectivity index is 1.73. The third-order valence-electron chi connectivity index (χ3n) is 6.48. The number of carbonyl (C=O) groups excluding carboxylic acids is 1. The van der Waals surface area contributed by atoms with Gasteiger partial charge in [-0.2, -0.15) is 8.78 Å². The number of nitrogens with zero attached hydrogens (tertiary/aromatic N) is 2. The van der Waals surface area contributed by atoms with E-state index in [1.54, 1.807) is 30.5 Å². The molecule has 160 valence electrons. The number of alkyl halides is 2. The Morgan fingerprint density at radius 3 is 2.57 bits per heavy atom. The van der Waals surface area contributed by atoms with Crippen molar-refractivity contribution in [3.8, 4) is 5.75 Å². The molecule has 0 spiro atoms. The molecule has 4 rings (SSSR count). The fourth-order valence-corrected chi connectivity index (χ4v) is 5.82. The van der Waals surface area contributed by atoms with Gasteiger partial charge in [0.25, 0.3) is 5.91 Å². The van der Waals surface area contributed by atoms with Gasteiger partial charge < -0.3 is 10.5 Å². The van der Waals surface area contributed by atoms with Crippen LogP contribution in [0.3, 0.4) is 0 Å². The fourth-order valence-electron chi connectivity index (χ4n) is 4.84. The molecule has 1 aliphatic heterocycles. The minimum atomic E-state index is -2.90. The van der Waals surface area contributed by atoms with Crippen LogP contribution >= 0.6 is 11.3 Å². The van der Waals surface area contributed by atoms with Gasteiger partial charge in [0.05, 0.1) is 0 Å². The van der Waals surface area contributed by atoms with Crippen LogP contribution in [0.1, 0.15) is 42.5 Å². The van der Waals surface area contributed by atoms with Gasteiger partial charge in [-0.3, -0.25) is 9.69 Å². The van der Waals surface area contributed by atoms with Gasteiger partial charge in [-0.05, 0) is 66.2 Å². The lowest BCUT2D eigenvalue weighted by molar-refractivity contribution is -0.133. The van der Waals surface area contributed by atoms with E-state index < -0.39 is 12.2 Å². The molecule has 2 heterocycles. The lowest BCUT2D eigenvalue weighted by Gasteiger charge is -2.41. The molecule has 2 aliphatic rings. The third kappa shape index (κ3) is 3.47.